The number of rotatable bonds is 3. The minimum absolute atomic E-state index is 0.0993. The summed E-state index contributed by atoms with van der Waals surface area (Å²) in [6.45, 7) is 6.20. The van der Waals surface area contributed by atoms with Crippen molar-refractivity contribution in [3.8, 4) is 0 Å². The van der Waals surface area contributed by atoms with Crippen LogP contribution >= 0.6 is 0 Å². The molecule has 2 rings (SSSR count). The van der Waals surface area contributed by atoms with E-state index in [1.807, 2.05) is 0 Å². The van der Waals surface area contributed by atoms with Crippen LogP contribution in [0.15, 0.2) is 12.3 Å². The molecule has 18 heavy (non-hydrogen) atoms. The molecule has 1 aliphatic carbocycles. The Kier molecular flexibility index (Phi) is 3.24. The summed E-state index contributed by atoms with van der Waals surface area (Å²) < 4.78 is 0. The molecule has 0 amide bonds. The van der Waals surface area contributed by atoms with Crippen molar-refractivity contribution < 1.29 is 4.92 Å². The predicted molar refractivity (Wildman–Crippen MR) is 70.7 cm³/mol. The lowest BCUT2D eigenvalue weighted by molar-refractivity contribution is -0.384. The van der Waals surface area contributed by atoms with Crippen LogP contribution in [0, 0.1) is 22.5 Å². The summed E-state index contributed by atoms with van der Waals surface area (Å²) in [6, 6.07) is 1.95. The van der Waals surface area contributed by atoms with Gasteiger partial charge in [-0.3, -0.25) is 10.1 Å². The maximum absolute atomic E-state index is 11.1. The van der Waals surface area contributed by atoms with Crippen LogP contribution in [0.5, 0.6) is 0 Å². The Bertz CT molecular complexity index is 471. The number of nitrogens with zero attached hydrogens (tertiary/aromatic N) is 2. The first kappa shape index (κ1) is 12.8. The molecule has 1 unspecified atom stereocenters. The van der Waals surface area contributed by atoms with Crippen molar-refractivity contribution >= 4 is 11.5 Å². The summed E-state index contributed by atoms with van der Waals surface area (Å²) in [4.78, 5) is 14.8. The average molecular weight is 249 g/mol. The molecule has 1 aromatic heterocycles. The second-order valence-electron chi connectivity index (χ2n) is 5.83. The molecule has 98 valence electrons. The number of anilines is 1. The Morgan fingerprint density at radius 2 is 2.28 bits per heavy atom. The molecule has 0 aliphatic heterocycles. The molecule has 1 saturated carbocycles. The smallest absolute Gasteiger partial charge is 0.314 e. The van der Waals surface area contributed by atoms with E-state index < -0.39 is 0 Å². The molecule has 0 spiro atoms. The fourth-order valence-corrected chi connectivity index (χ4v) is 2.64. The van der Waals surface area contributed by atoms with Gasteiger partial charge in [0, 0.05) is 17.8 Å². The van der Waals surface area contributed by atoms with Gasteiger partial charge in [-0.15, -0.1) is 0 Å². The lowest BCUT2D eigenvalue weighted by Gasteiger charge is -2.18. The third-order valence-corrected chi connectivity index (χ3v) is 3.62. The van der Waals surface area contributed by atoms with Gasteiger partial charge in [0.1, 0.15) is 0 Å². The molecule has 0 saturated heterocycles. The van der Waals surface area contributed by atoms with E-state index in [4.69, 9.17) is 0 Å². The summed E-state index contributed by atoms with van der Waals surface area (Å²) >= 11 is 0. The van der Waals surface area contributed by atoms with Gasteiger partial charge >= 0.3 is 5.69 Å². The number of nitro groups is 1. The van der Waals surface area contributed by atoms with E-state index >= 15 is 0 Å². The molecule has 1 fully saturated rings. The van der Waals surface area contributed by atoms with Crippen molar-refractivity contribution in [2.75, 3.05) is 5.32 Å². The van der Waals surface area contributed by atoms with Gasteiger partial charge in [-0.25, -0.2) is 4.98 Å². The lowest BCUT2D eigenvalue weighted by atomic mass is 9.92. The highest BCUT2D eigenvalue weighted by Gasteiger charge is 2.32. The van der Waals surface area contributed by atoms with Crippen LogP contribution in [0.25, 0.3) is 0 Å². The molecule has 1 aliphatic rings. The van der Waals surface area contributed by atoms with Crippen LogP contribution in [0.2, 0.25) is 0 Å². The number of hydrogen-bond acceptors (Lipinski definition) is 4. The Labute approximate surface area is 107 Å². The second kappa shape index (κ2) is 4.55. The van der Waals surface area contributed by atoms with Crippen LogP contribution in [-0.2, 0) is 0 Å². The first-order valence-electron chi connectivity index (χ1n) is 6.25. The standard InChI is InChI=1S/C13H19N3O2/c1-9-5-7-14-12(11(9)16(17)18)15-10-4-6-13(2,3)8-10/h5,7,10H,4,6,8H2,1-3H3,(H,14,15). The molecule has 5 nitrogen and oxygen atoms in total. The maximum Gasteiger partial charge on any atom is 0.314 e. The quantitative estimate of drug-likeness (QED) is 0.659. The van der Waals surface area contributed by atoms with E-state index in [1.165, 1.54) is 0 Å². The fourth-order valence-electron chi connectivity index (χ4n) is 2.64. The molecule has 0 bridgehead atoms. The van der Waals surface area contributed by atoms with Crippen LogP contribution < -0.4 is 5.32 Å². The largest absolute Gasteiger partial charge is 0.362 e. The van der Waals surface area contributed by atoms with E-state index in [9.17, 15) is 10.1 Å². The second-order valence-corrected chi connectivity index (χ2v) is 5.83. The predicted octanol–water partition coefficient (Wildman–Crippen LogP) is 3.29. The molecule has 1 N–H and O–H groups in total. The van der Waals surface area contributed by atoms with Crippen molar-refractivity contribution in [2.24, 2.45) is 5.41 Å². The van der Waals surface area contributed by atoms with Crippen LogP contribution in [-0.4, -0.2) is 15.9 Å². The Morgan fingerprint density at radius 3 is 2.83 bits per heavy atom. The minimum Gasteiger partial charge on any atom is -0.362 e. The van der Waals surface area contributed by atoms with Gasteiger partial charge in [0.2, 0.25) is 5.82 Å². The van der Waals surface area contributed by atoms with E-state index in [1.54, 1.807) is 19.2 Å². The summed E-state index contributed by atoms with van der Waals surface area (Å²) in [7, 11) is 0. The van der Waals surface area contributed by atoms with E-state index in [-0.39, 0.29) is 16.7 Å². The number of pyridine rings is 1. The number of nitrogens with one attached hydrogen (secondary N) is 1. The first-order chi connectivity index (χ1) is 8.39. The minimum atomic E-state index is -0.356. The highest BCUT2D eigenvalue weighted by atomic mass is 16.6. The van der Waals surface area contributed by atoms with Crippen LogP contribution in [0.3, 0.4) is 0 Å². The molecule has 5 heteroatoms. The topological polar surface area (TPSA) is 68.1 Å². The fraction of sp³-hybridized carbons (Fsp3) is 0.615. The van der Waals surface area contributed by atoms with Gasteiger partial charge in [0.05, 0.1) is 4.92 Å². The SMILES string of the molecule is Cc1ccnc(NC2CCC(C)(C)C2)c1[N+](=O)[O-]. The molecule has 0 radical (unpaired) electrons. The van der Waals surface area contributed by atoms with E-state index in [0.717, 1.165) is 19.3 Å². The Balaban J connectivity index is 2.20. The van der Waals surface area contributed by atoms with Gasteiger partial charge in [-0.05, 0) is 37.7 Å². The molecular weight excluding hydrogens is 230 g/mol. The molecular formula is C13H19N3O2. The van der Waals surface area contributed by atoms with Crippen LogP contribution in [0.1, 0.15) is 38.7 Å². The highest BCUT2D eigenvalue weighted by Crippen LogP contribution is 2.39. The monoisotopic (exact) mass is 249 g/mol. The van der Waals surface area contributed by atoms with Gasteiger partial charge in [0.25, 0.3) is 0 Å². The zero-order valence-corrected chi connectivity index (χ0v) is 11.1. The number of hydrogen-bond donors (Lipinski definition) is 1. The molecule has 0 aromatic carbocycles. The van der Waals surface area contributed by atoms with Gasteiger partial charge in [-0.1, -0.05) is 13.8 Å². The lowest BCUT2D eigenvalue weighted by Crippen LogP contribution is -2.19. The Morgan fingerprint density at radius 1 is 1.56 bits per heavy atom. The average Bonchev–Trinajstić information content (AvgIpc) is 2.57. The Hall–Kier alpha value is -1.65. The van der Waals surface area contributed by atoms with E-state index in [0.29, 0.717) is 16.8 Å². The number of aryl methyl sites for hydroxylation is 1. The normalized spacial score (nSPS) is 21.8. The number of aromatic nitrogens is 1. The summed E-state index contributed by atoms with van der Waals surface area (Å²) in [5.41, 5.74) is 1.06. The van der Waals surface area contributed by atoms with Crippen molar-refractivity contribution in [2.45, 2.75) is 46.1 Å². The summed E-state index contributed by atoms with van der Waals surface area (Å²) in [6.07, 6.45) is 4.83. The van der Waals surface area contributed by atoms with Crippen molar-refractivity contribution in [3.63, 3.8) is 0 Å². The zero-order chi connectivity index (χ0) is 13.3. The van der Waals surface area contributed by atoms with Gasteiger partial charge < -0.3 is 5.32 Å². The maximum atomic E-state index is 11.1. The van der Waals surface area contributed by atoms with E-state index in [2.05, 4.69) is 24.1 Å². The highest BCUT2D eigenvalue weighted by molar-refractivity contribution is 5.60. The summed E-state index contributed by atoms with van der Waals surface area (Å²) in [5, 5.41) is 14.3. The van der Waals surface area contributed by atoms with Gasteiger partial charge in [-0.2, -0.15) is 0 Å². The third-order valence-electron chi connectivity index (χ3n) is 3.62. The van der Waals surface area contributed by atoms with Crippen molar-refractivity contribution in [3.05, 3.63) is 27.9 Å². The molecule has 1 heterocycles. The molecule has 1 atom stereocenters. The van der Waals surface area contributed by atoms with Crippen molar-refractivity contribution in [1.29, 1.82) is 0 Å². The first-order valence-corrected chi connectivity index (χ1v) is 6.25. The third kappa shape index (κ3) is 2.60. The van der Waals surface area contributed by atoms with Crippen molar-refractivity contribution in [1.82, 2.24) is 4.98 Å². The molecule has 1 aromatic rings. The van der Waals surface area contributed by atoms with Gasteiger partial charge in [0.15, 0.2) is 0 Å². The van der Waals surface area contributed by atoms with Crippen LogP contribution in [0.4, 0.5) is 11.5 Å². The zero-order valence-electron chi connectivity index (χ0n) is 11.1. The summed E-state index contributed by atoms with van der Waals surface area (Å²) in [5.74, 6) is 0.405.